The number of aliphatic carboxylic acids is 1. The first-order valence-corrected chi connectivity index (χ1v) is 13.9. The molecule has 0 aromatic heterocycles. The van der Waals surface area contributed by atoms with E-state index in [1.165, 1.54) is 0 Å². The Morgan fingerprint density at radius 3 is 2.47 bits per heavy atom. The van der Waals surface area contributed by atoms with E-state index in [-0.39, 0.29) is 35.9 Å². The Kier molecular flexibility index (Phi) is 8.62. The molecule has 1 heterocycles. The number of carboxylic acid groups (broad SMARTS) is 1. The van der Waals surface area contributed by atoms with Crippen molar-refractivity contribution in [3.8, 4) is 0 Å². The molecule has 1 saturated carbocycles. The summed E-state index contributed by atoms with van der Waals surface area (Å²) in [6, 6.07) is 5.95. The van der Waals surface area contributed by atoms with Crippen LogP contribution in [0.3, 0.4) is 0 Å². The van der Waals surface area contributed by atoms with Crippen LogP contribution in [0.25, 0.3) is 0 Å². The number of hydrogen-bond acceptors (Lipinski definition) is 4. The van der Waals surface area contributed by atoms with E-state index in [1.807, 2.05) is 24.0 Å². The van der Waals surface area contributed by atoms with Crippen LogP contribution in [0, 0.1) is 11.8 Å². The number of nitrogens with zero attached hydrogens (tertiary/aromatic N) is 1. The van der Waals surface area contributed by atoms with Crippen LogP contribution in [0.15, 0.2) is 46.8 Å². The molecule has 3 aliphatic rings. The lowest BCUT2D eigenvalue weighted by molar-refractivity contribution is -0.137. The van der Waals surface area contributed by atoms with Crippen LogP contribution >= 0.6 is 11.6 Å². The molecule has 7 nitrogen and oxygen atoms in total. The second-order valence-electron chi connectivity index (χ2n) is 11.0. The predicted octanol–water partition coefficient (Wildman–Crippen LogP) is 5.44. The Hall–Kier alpha value is -2.71. The molecule has 38 heavy (non-hydrogen) atoms. The molecule has 2 atom stereocenters. The van der Waals surface area contributed by atoms with Crippen molar-refractivity contribution < 1.29 is 23.9 Å². The smallest absolute Gasteiger partial charge is 0.305 e. The van der Waals surface area contributed by atoms with E-state index >= 15 is 4.39 Å². The number of carbonyl (C=O) groups excluding carboxylic acids is 2. The summed E-state index contributed by atoms with van der Waals surface area (Å²) in [5.74, 6) is -0.832. The fourth-order valence-corrected chi connectivity index (χ4v) is 6.37. The second-order valence-corrected chi connectivity index (χ2v) is 11.4. The lowest BCUT2D eigenvalue weighted by Crippen LogP contribution is -2.55. The van der Waals surface area contributed by atoms with E-state index in [0.717, 1.165) is 31.2 Å². The third kappa shape index (κ3) is 5.66. The third-order valence-corrected chi connectivity index (χ3v) is 8.72. The summed E-state index contributed by atoms with van der Waals surface area (Å²) in [6.45, 7) is 6.48. The zero-order valence-corrected chi connectivity index (χ0v) is 23.0. The standard InChI is InChI=1S/C29H37ClFN3O4/c1-17(2)19-11-14-29(15-12-19)33-26(22-5-4-6-23(30)25(22)31)28(38)34(29)18(3)20-7-9-21(10-8-20)27(37)32-16-13-24(35)36/h6-10,17-19,26,33H,4-5,11-16H2,1-3H3,(H,32,37)(H,35,36). The Morgan fingerprint density at radius 2 is 1.87 bits per heavy atom. The van der Waals surface area contributed by atoms with Gasteiger partial charge in [0.05, 0.1) is 23.2 Å². The van der Waals surface area contributed by atoms with Crippen LogP contribution in [0.1, 0.15) is 87.7 Å². The van der Waals surface area contributed by atoms with Crippen LogP contribution in [0.2, 0.25) is 0 Å². The van der Waals surface area contributed by atoms with E-state index in [4.69, 9.17) is 16.7 Å². The van der Waals surface area contributed by atoms with Crippen LogP contribution in [-0.4, -0.2) is 46.0 Å². The molecular formula is C29H37ClFN3O4. The quantitative estimate of drug-likeness (QED) is 0.404. The molecule has 1 saturated heterocycles. The Morgan fingerprint density at radius 1 is 1.21 bits per heavy atom. The number of halogens is 2. The maximum Gasteiger partial charge on any atom is 0.305 e. The molecular weight excluding hydrogens is 509 g/mol. The monoisotopic (exact) mass is 545 g/mol. The lowest BCUT2D eigenvalue weighted by atomic mass is 9.76. The van der Waals surface area contributed by atoms with Gasteiger partial charge in [0.1, 0.15) is 11.9 Å². The van der Waals surface area contributed by atoms with Crippen molar-refractivity contribution in [1.29, 1.82) is 0 Å². The SMILES string of the molecule is CC(C)C1CCC2(CC1)NC(C1=C(F)C(Cl)=CCC1)C(=O)N2C(C)c1ccc(C(=O)NCCC(=O)O)cc1. The molecule has 0 bridgehead atoms. The van der Waals surface area contributed by atoms with Crippen molar-refractivity contribution in [3.05, 3.63) is 57.9 Å². The van der Waals surface area contributed by atoms with Crippen LogP contribution < -0.4 is 10.6 Å². The maximum atomic E-state index is 15.1. The van der Waals surface area contributed by atoms with Crippen molar-refractivity contribution in [3.63, 3.8) is 0 Å². The molecule has 206 valence electrons. The molecule has 0 radical (unpaired) electrons. The van der Waals surface area contributed by atoms with Gasteiger partial charge in [-0.25, -0.2) is 4.39 Å². The number of carbonyl (C=O) groups is 3. The summed E-state index contributed by atoms with van der Waals surface area (Å²) in [5.41, 5.74) is 1.12. The second kappa shape index (κ2) is 11.6. The molecule has 2 fully saturated rings. The van der Waals surface area contributed by atoms with Crippen LogP contribution in [-0.2, 0) is 9.59 Å². The average molecular weight is 546 g/mol. The summed E-state index contributed by atoms with van der Waals surface area (Å²) in [5, 5.41) is 15.0. The number of amides is 2. The fourth-order valence-electron chi connectivity index (χ4n) is 6.14. The van der Waals surface area contributed by atoms with Crippen LogP contribution in [0.5, 0.6) is 0 Å². The van der Waals surface area contributed by atoms with Gasteiger partial charge in [-0.2, -0.15) is 0 Å². The summed E-state index contributed by atoms with van der Waals surface area (Å²) >= 11 is 6.12. The normalized spacial score (nSPS) is 26.6. The number of allylic oxidation sites excluding steroid dienone is 3. The fraction of sp³-hybridized carbons (Fsp3) is 0.552. The molecule has 3 N–H and O–H groups in total. The van der Waals surface area contributed by atoms with Gasteiger partial charge in [-0.15, -0.1) is 0 Å². The topological polar surface area (TPSA) is 98.7 Å². The minimum absolute atomic E-state index is 0.0488. The van der Waals surface area contributed by atoms with Gasteiger partial charge in [0.25, 0.3) is 5.91 Å². The predicted molar refractivity (Wildman–Crippen MR) is 144 cm³/mol. The van der Waals surface area contributed by atoms with E-state index < -0.39 is 23.5 Å². The van der Waals surface area contributed by atoms with Crippen molar-refractivity contribution in [1.82, 2.24) is 15.5 Å². The molecule has 1 spiro atoms. The minimum atomic E-state index is -0.977. The molecule has 4 rings (SSSR count). The Bertz CT molecular complexity index is 1140. The molecule has 1 aliphatic heterocycles. The van der Waals surface area contributed by atoms with E-state index in [1.54, 1.807) is 18.2 Å². The van der Waals surface area contributed by atoms with Crippen molar-refractivity contribution in [2.24, 2.45) is 11.8 Å². The van der Waals surface area contributed by atoms with Gasteiger partial charge in [0, 0.05) is 12.1 Å². The van der Waals surface area contributed by atoms with Gasteiger partial charge in [-0.05, 0) is 80.6 Å². The summed E-state index contributed by atoms with van der Waals surface area (Å²) in [6.07, 6.45) is 6.07. The molecule has 9 heteroatoms. The largest absolute Gasteiger partial charge is 0.481 e. The number of hydrogen-bond donors (Lipinski definition) is 3. The number of carboxylic acids is 1. The Labute approximate surface area is 228 Å². The van der Waals surface area contributed by atoms with E-state index in [9.17, 15) is 14.4 Å². The highest BCUT2D eigenvalue weighted by Crippen LogP contribution is 2.46. The average Bonchev–Trinajstić information content (AvgIpc) is 3.16. The highest BCUT2D eigenvalue weighted by atomic mass is 35.5. The first-order chi connectivity index (χ1) is 18.0. The van der Waals surface area contributed by atoms with E-state index in [0.29, 0.717) is 35.8 Å². The maximum absolute atomic E-state index is 15.1. The molecule has 2 amide bonds. The van der Waals surface area contributed by atoms with Gasteiger partial charge >= 0.3 is 5.97 Å². The van der Waals surface area contributed by atoms with Gasteiger partial charge < -0.3 is 15.3 Å². The number of benzene rings is 1. The van der Waals surface area contributed by atoms with Crippen molar-refractivity contribution in [2.45, 2.75) is 83.5 Å². The zero-order chi connectivity index (χ0) is 27.6. The molecule has 1 aromatic rings. The first-order valence-electron chi connectivity index (χ1n) is 13.5. The zero-order valence-electron chi connectivity index (χ0n) is 22.2. The molecule has 2 unspecified atom stereocenters. The summed E-state index contributed by atoms with van der Waals surface area (Å²) in [7, 11) is 0. The van der Waals surface area contributed by atoms with Crippen molar-refractivity contribution >= 4 is 29.4 Å². The highest BCUT2D eigenvalue weighted by Gasteiger charge is 2.54. The first kappa shape index (κ1) is 28.3. The van der Waals surface area contributed by atoms with Crippen molar-refractivity contribution in [2.75, 3.05) is 6.54 Å². The highest BCUT2D eigenvalue weighted by molar-refractivity contribution is 6.31. The van der Waals surface area contributed by atoms with Gasteiger partial charge in [0.15, 0.2) is 0 Å². The van der Waals surface area contributed by atoms with Gasteiger partial charge in [-0.1, -0.05) is 43.7 Å². The molecule has 1 aromatic carbocycles. The van der Waals surface area contributed by atoms with Crippen LogP contribution in [0.4, 0.5) is 4.39 Å². The molecule has 2 aliphatic carbocycles. The number of rotatable bonds is 8. The van der Waals surface area contributed by atoms with E-state index in [2.05, 4.69) is 24.5 Å². The Balaban J connectivity index is 1.59. The van der Waals surface area contributed by atoms with Gasteiger partial charge in [-0.3, -0.25) is 19.7 Å². The summed E-state index contributed by atoms with van der Waals surface area (Å²) in [4.78, 5) is 39.0. The van der Waals surface area contributed by atoms with Gasteiger partial charge in [0.2, 0.25) is 5.91 Å². The lowest BCUT2D eigenvalue weighted by Gasteiger charge is -2.46. The number of nitrogens with one attached hydrogen (secondary N) is 2. The summed E-state index contributed by atoms with van der Waals surface area (Å²) < 4.78 is 15.1. The third-order valence-electron chi connectivity index (χ3n) is 8.40. The minimum Gasteiger partial charge on any atom is -0.481 e.